The second kappa shape index (κ2) is 11.9. The molecule has 3 heterocycles. The number of nitrogens with one attached hydrogen (secondary N) is 2. The van der Waals surface area contributed by atoms with Crippen LogP contribution in [0.3, 0.4) is 0 Å². The highest BCUT2D eigenvalue weighted by atomic mass is 16.5. The van der Waals surface area contributed by atoms with Crippen molar-refractivity contribution in [2.45, 2.75) is 32.6 Å². The van der Waals surface area contributed by atoms with Gasteiger partial charge in [0.1, 0.15) is 12.4 Å². The van der Waals surface area contributed by atoms with Crippen LogP contribution in [-0.2, 0) is 0 Å². The Balaban J connectivity index is 1.26. The van der Waals surface area contributed by atoms with E-state index in [9.17, 15) is 4.79 Å². The Bertz CT molecular complexity index is 1330. The number of benzene rings is 2. The van der Waals surface area contributed by atoms with Crippen LogP contribution in [0.5, 0.6) is 5.75 Å². The predicted molar refractivity (Wildman–Crippen MR) is 147 cm³/mol. The minimum absolute atomic E-state index is 0.0631. The van der Waals surface area contributed by atoms with Gasteiger partial charge in [-0.25, -0.2) is 4.52 Å². The van der Waals surface area contributed by atoms with E-state index in [1.807, 2.05) is 66.7 Å². The third-order valence-electron chi connectivity index (χ3n) is 6.58. The lowest BCUT2D eigenvalue weighted by molar-refractivity contribution is 0.0953. The van der Waals surface area contributed by atoms with E-state index in [1.54, 1.807) is 4.52 Å². The first-order valence-electron chi connectivity index (χ1n) is 13.2. The van der Waals surface area contributed by atoms with E-state index in [2.05, 4.69) is 27.4 Å². The summed E-state index contributed by atoms with van der Waals surface area (Å²) in [5.41, 5.74) is 4.00. The second-order valence-corrected chi connectivity index (χ2v) is 9.35. The smallest absolute Gasteiger partial charge is 0.251 e. The summed E-state index contributed by atoms with van der Waals surface area (Å²) in [5.74, 6) is 1.30. The van der Waals surface area contributed by atoms with E-state index in [1.165, 1.54) is 25.9 Å². The number of carbonyl (C=O) groups is 1. The van der Waals surface area contributed by atoms with Gasteiger partial charge in [-0.1, -0.05) is 31.5 Å². The Labute approximate surface area is 217 Å². The number of unbranched alkanes of at least 4 members (excludes halogenated alkanes) is 1. The molecule has 1 saturated heterocycles. The Kier molecular flexibility index (Phi) is 7.96. The molecule has 2 N–H and O–H groups in total. The predicted octanol–water partition coefficient (Wildman–Crippen LogP) is 5.14. The molecule has 8 heteroatoms. The van der Waals surface area contributed by atoms with Crippen LogP contribution in [0.1, 0.15) is 43.0 Å². The van der Waals surface area contributed by atoms with Crippen molar-refractivity contribution in [1.82, 2.24) is 24.8 Å². The molecule has 0 spiro atoms. The zero-order valence-electron chi connectivity index (χ0n) is 21.3. The molecule has 192 valence electrons. The number of fused-ring (bicyclic) bond motifs is 1. The highest BCUT2D eigenvalue weighted by Gasteiger charge is 2.13. The molecule has 5 rings (SSSR count). The van der Waals surface area contributed by atoms with E-state index in [4.69, 9.17) is 9.84 Å². The molecule has 2 aromatic heterocycles. The van der Waals surface area contributed by atoms with Gasteiger partial charge in [0.05, 0.1) is 5.69 Å². The van der Waals surface area contributed by atoms with Gasteiger partial charge in [0.2, 0.25) is 5.95 Å². The molecule has 1 aliphatic rings. The minimum atomic E-state index is -0.0631. The summed E-state index contributed by atoms with van der Waals surface area (Å²) in [6.45, 7) is 6.82. The molecule has 1 fully saturated rings. The van der Waals surface area contributed by atoms with Gasteiger partial charge in [-0.3, -0.25) is 9.69 Å². The normalized spacial score (nSPS) is 13.6. The Morgan fingerprint density at radius 2 is 1.84 bits per heavy atom. The largest absolute Gasteiger partial charge is 0.492 e. The van der Waals surface area contributed by atoms with Crippen LogP contribution in [0.25, 0.3) is 16.9 Å². The lowest BCUT2D eigenvalue weighted by Gasteiger charge is -2.15. The van der Waals surface area contributed by atoms with Gasteiger partial charge in [0.15, 0.2) is 5.65 Å². The number of anilines is 2. The van der Waals surface area contributed by atoms with Gasteiger partial charge in [0.25, 0.3) is 5.91 Å². The van der Waals surface area contributed by atoms with Gasteiger partial charge in [-0.15, -0.1) is 5.10 Å². The molecular weight excluding hydrogens is 464 g/mol. The molecule has 8 nitrogen and oxygen atoms in total. The van der Waals surface area contributed by atoms with Crippen LogP contribution < -0.4 is 15.4 Å². The maximum atomic E-state index is 12.5. The van der Waals surface area contributed by atoms with Crippen LogP contribution >= 0.6 is 0 Å². The molecule has 0 bridgehead atoms. The van der Waals surface area contributed by atoms with Crippen molar-refractivity contribution in [3.63, 3.8) is 0 Å². The average molecular weight is 499 g/mol. The molecule has 0 aliphatic carbocycles. The first-order valence-corrected chi connectivity index (χ1v) is 13.2. The summed E-state index contributed by atoms with van der Waals surface area (Å²) in [6.07, 6.45) is 4.60. The average Bonchev–Trinajstić information content (AvgIpc) is 3.59. The number of carbonyl (C=O) groups excluding carboxylic acids is 1. The fourth-order valence-corrected chi connectivity index (χ4v) is 4.54. The van der Waals surface area contributed by atoms with Crippen LogP contribution in [-0.4, -0.2) is 58.2 Å². The first kappa shape index (κ1) is 24.8. The Morgan fingerprint density at radius 1 is 1.03 bits per heavy atom. The van der Waals surface area contributed by atoms with Crippen molar-refractivity contribution in [2.24, 2.45) is 0 Å². The number of nitrogens with zero attached hydrogens (tertiary/aromatic N) is 4. The van der Waals surface area contributed by atoms with Crippen molar-refractivity contribution >= 4 is 23.2 Å². The molecule has 0 saturated carbocycles. The highest BCUT2D eigenvalue weighted by molar-refractivity contribution is 5.95. The van der Waals surface area contributed by atoms with Crippen molar-refractivity contribution in [3.05, 3.63) is 72.3 Å². The number of aromatic nitrogens is 3. The maximum Gasteiger partial charge on any atom is 0.251 e. The second-order valence-electron chi connectivity index (χ2n) is 9.35. The van der Waals surface area contributed by atoms with Crippen molar-refractivity contribution in [2.75, 3.05) is 38.1 Å². The summed E-state index contributed by atoms with van der Waals surface area (Å²) in [7, 11) is 0. The van der Waals surface area contributed by atoms with E-state index in [0.29, 0.717) is 24.7 Å². The zero-order chi connectivity index (χ0) is 25.5. The fourth-order valence-electron chi connectivity index (χ4n) is 4.54. The number of hydrogen-bond donors (Lipinski definition) is 2. The maximum absolute atomic E-state index is 12.5. The van der Waals surface area contributed by atoms with Gasteiger partial charge in [0, 0.05) is 29.9 Å². The number of rotatable bonds is 11. The van der Waals surface area contributed by atoms with E-state index >= 15 is 0 Å². The molecule has 1 aliphatic heterocycles. The molecule has 1 amide bonds. The summed E-state index contributed by atoms with van der Waals surface area (Å²) < 4.78 is 7.70. The number of pyridine rings is 1. The zero-order valence-corrected chi connectivity index (χ0v) is 21.3. The van der Waals surface area contributed by atoms with E-state index in [-0.39, 0.29) is 5.91 Å². The number of hydrogen-bond acceptors (Lipinski definition) is 6. The first-order chi connectivity index (χ1) is 18.2. The summed E-state index contributed by atoms with van der Waals surface area (Å²) in [6, 6.07) is 21.3. The molecule has 0 atom stereocenters. The molecule has 37 heavy (non-hydrogen) atoms. The van der Waals surface area contributed by atoms with E-state index in [0.717, 1.165) is 47.7 Å². The fraction of sp³-hybridized carbons (Fsp3) is 0.345. The molecule has 2 aromatic carbocycles. The standard InChI is InChI=1S/C29H34N6O2/c1-2-3-16-30-28(36)23-9-6-8-22(21-23)26-10-7-11-27-32-29(33-35(26)27)31-24-12-14-25(15-13-24)37-20-19-34-17-4-5-18-34/h6-15,21H,2-5,16-20H2,1H3,(H,30,36)(H,31,33). The number of ether oxygens (including phenoxy) is 1. The molecule has 0 radical (unpaired) electrons. The van der Waals surface area contributed by atoms with Crippen LogP contribution in [0.2, 0.25) is 0 Å². The number of amides is 1. The van der Waals surface area contributed by atoms with Crippen LogP contribution in [0.4, 0.5) is 11.6 Å². The molecular formula is C29H34N6O2. The monoisotopic (exact) mass is 498 g/mol. The van der Waals surface area contributed by atoms with Crippen molar-refractivity contribution in [3.8, 4) is 17.0 Å². The lowest BCUT2D eigenvalue weighted by atomic mass is 10.1. The van der Waals surface area contributed by atoms with E-state index < -0.39 is 0 Å². The topological polar surface area (TPSA) is 83.8 Å². The van der Waals surface area contributed by atoms with Gasteiger partial charge in [-0.05, 0) is 80.9 Å². The van der Waals surface area contributed by atoms with Gasteiger partial charge in [-0.2, -0.15) is 4.98 Å². The third-order valence-corrected chi connectivity index (χ3v) is 6.58. The van der Waals surface area contributed by atoms with Crippen LogP contribution in [0, 0.1) is 0 Å². The molecule has 0 unspecified atom stereocenters. The van der Waals surface area contributed by atoms with Crippen molar-refractivity contribution < 1.29 is 9.53 Å². The van der Waals surface area contributed by atoms with Gasteiger partial charge < -0.3 is 15.4 Å². The lowest BCUT2D eigenvalue weighted by Crippen LogP contribution is -2.25. The SMILES string of the molecule is CCCCNC(=O)c1cccc(-c2cccc3nc(Nc4ccc(OCCN5CCCC5)cc4)nn23)c1. The number of likely N-dealkylation sites (tertiary alicyclic amines) is 1. The molecule has 4 aromatic rings. The van der Waals surface area contributed by atoms with Gasteiger partial charge >= 0.3 is 0 Å². The summed E-state index contributed by atoms with van der Waals surface area (Å²) in [4.78, 5) is 19.6. The summed E-state index contributed by atoms with van der Waals surface area (Å²) in [5, 5.41) is 11.0. The van der Waals surface area contributed by atoms with Crippen LogP contribution in [0.15, 0.2) is 66.7 Å². The Morgan fingerprint density at radius 3 is 2.65 bits per heavy atom. The van der Waals surface area contributed by atoms with Crippen molar-refractivity contribution in [1.29, 1.82) is 0 Å². The highest BCUT2D eigenvalue weighted by Crippen LogP contribution is 2.24. The Hall–Kier alpha value is -3.91. The quantitative estimate of drug-likeness (QED) is 0.279. The minimum Gasteiger partial charge on any atom is -0.492 e. The summed E-state index contributed by atoms with van der Waals surface area (Å²) >= 11 is 0. The third kappa shape index (κ3) is 6.27.